The lowest BCUT2D eigenvalue weighted by Crippen LogP contribution is -2.32. The second kappa shape index (κ2) is 10.0. The van der Waals surface area contributed by atoms with Gasteiger partial charge in [-0.15, -0.1) is 0 Å². The highest BCUT2D eigenvalue weighted by atomic mass is 16.3. The predicted octanol–water partition coefficient (Wildman–Crippen LogP) is 4.17. The second-order valence-corrected chi connectivity index (χ2v) is 9.08. The molecule has 8 nitrogen and oxygen atoms in total. The molecule has 3 aromatic carbocycles. The van der Waals surface area contributed by atoms with Gasteiger partial charge in [0.1, 0.15) is 0 Å². The van der Waals surface area contributed by atoms with Crippen molar-refractivity contribution in [1.82, 2.24) is 19.3 Å². The largest absolute Gasteiger partial charge is 0.391 e. The van der Waals surface area contributed by atoms with Gasteiger partial charge >= 0.3 is 0 Å². The monoisotopic (exact) mass is 495 g/mol. The van der Waals surface area contributed by atoms with E-state index in [2.05, 4.69) is 10.4 Å². The Labute approximate surface area is 214 Å². The molecule has 2 heterocycles. The van der Waals surface area contributed by atoms with E-state index in [1.165, 1.54) is 0 Å². The topological polar surface area (TPSA) is 105 Å². The first-order valence-corrected chi connectivity index (χ1v) is 12.3. The van der Waals surface area contributed by atoms with Gasteiger partial charge < -0.3 is 20.1 Å². The standard InChI is InChI=1S/C29H29N5O3/c1-3-34-26-16-21(27(36)31-24-17-30-33(19-24)18-20(2)35)14-15-25(26)32-28(34)29(37,22-10-6-4-7-11-22)23-12-8-5-9-13-23/h4-17,19-20,35,37H,3,18H2,1-2H3,(H,31,36). The van der Waals surface area contributed by atoms with Crippen LogP contribution in [0.15, 0.2) is 91.3 Å². The molecule has 0 saturated carbocycles. The van der Waals surface area contributed by atoms with Gasteiger partial charge in [-0.3, -0.25) is 9.48 Å². The summed E-state index contributed by atoms with van der Waals surface area (Å²) in [5, 5.41) is 28.9. The summed E-state index contributed by atoms with van der Waals surface area (Å²) in [6.07, 6.45) is 2.68. The van der Waals surface area contributed by atoms with Crippen molar-refractivity contribution >= 4 is 22.6 Å². The van der Waals surface area contributed by atoms with E-state index in [1.54, 1.807) is 42.2 Å². The summed E-state index contributed by atoms with van der Waals surface area (Å²) in [4.78, 5) is 17.9. The molecule has 3 N–H and O–H groups in total. The van der Waals surface area contributed by atoms with Crippen molar-refractivity contribution in [2.75, 3.05) is 5.32 Å². The van der Waals surface area contributed by atoms with Gasteiger partial charge in [-0.25, -0.2) is 4.98 Å². The van der Waals surface area contributed by atoms with Crippen LogP contribution in [0.5, 0.6) is 0 Å². The highest BCUT2D eigenvalue weighted by Crippen LogP contribution is 2.37. The first kappa shape index (κ1) is 24.4. The molecular weight excluding hydrogens is 466 g/mol. The maximum atomic E-state index is 13.1. The van der Waals surface area contributed by atoms with Crippen LogP contribution in [0.2, 0.25) is 0 Å². The van der Waals surface area contributed by atoms with Crippen molar-refractivity contribution < 1.29 is 15.0 Å². The van der Waals surface area contributed by atoms with Gasteiger partial charge in [0, 0.05) is 18.3 Å². The van der Waals surface area contributed by atoms with E-state index in [1.807, 2.05) is 72.2 Å². The molecule has 2 aromatic heterocycles. The highest BCUT2D eigenvalue weighted by Gasteiger charge is 2.38. The maximum Gasteiger partial charge on any atom is 0.255 e. The van der Waals surface area contributed by atoms with Crippen LogP contribution in [0.1, 0.15) is 41.2 Å². The van der Waals surface area contributed by atoms with Gasteiger partial charge in [0.2, 0.25) is 0 Å². The molecule has 1 amide bonds. The van der Waals surface area contributed by atoms with Crippen LogP contribution in [0.3, 0.4) is 0 Å². The van der Waals surface area contributed by atoms with Gasteiger partial charge in [-0.1, -0.05) is 60.7 Å². The minimum Gasteiger partial charge on any atom is -0.391 e. The first-order valence-electron chi connectivity index (χ1n) is 12.3. The number of carbonyl (C=O) groups is 1. The smallest absolute Gasteiger partial charge is 0.255 e. The van der Waals surface area contributed by atoms with Gasteiger partial charge in [-0.05, 0) is 43.2 Å². The molecule has 0 bridgehead atoms. The third-order valence-electron chi connectivity index (χ3n) is 6.38. The molecule has 0 aliphatic rings. The third kappa shape index (κ3) is 4.64. The number of hydrogen-bond acceptors (Lipinski definition) is 5. The number of anilines is 1. The molecule has 8 heteroatoms. The molecule has 0 spiro atoms. The van der Waals surface area contributed by atoms with Gasteiger partial charge in [-0.2, -0.15) is 5.10 Å². The minimum absolute atomic E-state index is 0.287. The zero-order valence-corrected chi connectivity index (χ0v) is 20.7. The summed E-state index contributed by atoms with van der Waals surface area (Å²) in [5.74, 6) is 0.199. The maximum absolute atomic E-state index is 13.1. The quantitative estimate of drug-likeness (QED) is 0.300. The van der Waals surface area contributed by atoms with E-state index in [-0.39, 0.29) is 5.91 Å². The summed E-state index contributed by atoms with van der Waals surface area (Å²) in [6, 6.07) is 24.3. The first-order chi connectivity index (χ1) is 17.9. The zero-order chi connectivity index (χ0) is 26.0. The van der Waals surface area contributed by atoms with E-state index >= 15 is 0 Å². The zero-order valence-electron chi connectivity index (χ0n) is 20.7. The van der Waals surface area contributed by atoms with Crippen molar-refractivity contribution in [2.45, 2.75) is 38.6 Å². The summed E-state index contributed by atoms with van der Waals surface area (Å²) < 4.78 is 3.53. The van der Waals surface area contributed by atoms with Crippen LogP contribution in [0, 0.1) is 0 Å². The lowest BCUT2D eigenvalue weighted by atomic mass is 9.85. The third-order valence-corrected chi connectivity index (χ3v) is 6.38. The Morgan fingerprint density at radius 2 is 1.68 bits per heavy atom. The van der Waals surface area contributed by atoms with E-state index in [9.17, 15) is 15.0 Å². The number of imidazole rings is 1. The number of aliphatic hydroxyl groups is 2. The molecule has 0 radical (unpaired) electrons. The Hall–Kier alpha value is -4.27. The number of benzene rings is 3. The van der Waals surface area contributed by atoms with E-state index in [0.717, 1.165) is 5.52 Å². The van der Waals surface area contributed by atoms with E-state index in [0.29, 0.717) is 46.8 Å². The average Bonchev–Trinajstić information content (AvgIpc) is 3.52. The van der Waals surface area contributed by atoms with Crippen LogP contribution in [-0.4, -0.2) is 41.6 Å². The normalized spacial score (nSPS) is 12.5. The lowest BCUT2D eigenvalue weighted by Gasteiger charge is -2.29. The lowest BCUT2D eigenvalue weighted by molar-refractivity contribution is 0.102. The molecule has 188 valence electrons. The van der Waals surface area contributed by atoms with Crippen LogP contribution < -0.4 is 5.32 Å². The molecule has 0 aliphatic carbocycles. The van der Waals surface area contributed by atoms with Gasteiger partial charge in [0.05, 0.1) is 35.6 Å². The van der Waals surface area contributed by atoms with Crippen LogP contribution in [0.4, 0.5) is 5.69 Å². The summed E-state index contributed by atoms with van der Waals surface area (Å²) >= 11 is 0. The Morgan fingerprint density at radius 1 is 1.03 bits per heavy atom. The van der Waals surface area contributed by atoms with Crippen molar-refractivity contribution in [3.05, 3.63) is 114 Å². The number of rotatable bonds is 8. The fourth-order valence-corrected chi connectivity index (χ4v) is 4.65. The summed E-state index contributed by atoms with van der Waals surface area (Å²) in [5.41, 5.74) is 2.36. The molecular formula is C29H29N5O3. The summed E-state index contributed by atoms with van der Waals surface area (Å²) in [7, 11) is 0. The van der Waals surface area contributed by atoms with E-state index in [4.69, 9.17) is 4.98 Å². The molecule has 5 aromatic rings. The number of aliphatic hydroxyl groups excluding tert-OH is 1. The second-order valence-electron chi connectivity index (χ2n) is 9.08. The fraction of sp³-hybridized carbons (Fsp3) is 0.207. The number of amides is 1. The molecule has 5 rings (SSSR count). The number of nitrogens with zero attached hydrogens (tertiary/aromatic N) is 4. The number of nitrogens with one attached hydrogen (secondary N) is 1. The van der Waals surface area contributed by atoms with Crippen LogP contribution in [-0.2, 0) is 18.7 Å². The van der Waals surface area contributed by atoms with Crippen molar-refractivity contribution in [1.29, 1.82) is 0 Å². The molecule has 0 fully saturated rings. The molecule has 37 heavy (non-hydrogen) atoms. The SMILES string of the molecule is CCn1c(C(O)(c2ccccc2)c2ccccc2)nc2ccc(C(=O)Nc3cnn(CC(C)O)c3)cc21. The molecule has 1 unspecified atom stereocenters. The van der Waals surface area contributed by atoms with Crippen LogP contribution >= 0.6 is 0 Å². The number of hydrogen-bond donors (Lipinski definition) is 3. The number of carbonyl (C=O) groups excluding carboxylic acids is 1. The number of aromatic nitrogens is 4. The van der Waals surface area contributed by atoms with Gasteiger partial charge in [0.25, 0.3) is 5.91 Å². The van der Waals surface area contributed by atoms with E-state index < -0.39 is 11.7 Å². The highest BCUT2D eigenvalue weighted by molar-refractivity contribution is 6.05. The van der Waals surface area contributed by atoms with Crippen molar-refractivity contribution in [2.24, 2.45) is 0 Å². The molecule has 0 aliphatic heterocycles. The number of fused-ring (bicyclic) bond motifs is 1. The Balaban J connectivity index is 1.56. The molecule has 1 atom stereocenters. The Morgan fingerprint density at radius 3 is 2.27 bits per heavy atom. The van der Waals surface area contributed by atoms with Gasteiger partial charge in [0.15, 0.2) is 11.4 Å². The predicted molar refractivity (Wildman–Crippen MR) is 142 cm³/mol. The fourth-order valence-electron chi connectivity index (χ4n) is 4.65. The number of aryl methyl sites for hydroxylation is 1. The average molecular weight is 496 g/mol. The Kier molecular flexibility index (Phi) is 6.60. The minimum atomic E-state index is -1.49. The Bertz CT molecular complexity index is 1480. The van der Waals surface area contributed by atoms with Crippen molar-refractivity contribution in [3.8, 4) is 0 Å². The summed E-state index contributed by atoms with van der Waals surface area (Å²) in [6.45, 7) is 4.55. The van der Waals surface area contributed by atoms with Crippen molar-refractivity contribution in [3.63, 3.8) is 0 Å². The molecule has 0 saturated heterocycles. The van der Waals surface area contributed by atoms with Crippen LogP contribution in [0.25, 0.3) is 11.0 Å².